The summed E-state index contributed by atoms with van der Waals surface area (Å²) >= 11 is 0. The number of hydrogen-bond acceptors (Lipinski definition) is 3. The zero-order valence-corrected chi connectivity index (χ0v) is 15.2. The number of pyridine rings is 1. The van der Waals surface area contributed by atoms with Crippen molar-refractivity contribution in [3.05, 3.63) is 30.2 Å². The molecule has 2 aromatic rings. The lowest BCUT2D eigenvalue weighted by Crippen LogP contribution is -2.53. The number of anilines is 1. The van der Waals surface area contributed by atoms with Crippen LogP contribution in [0.15, 0.2) is 24.5 Å². The highest BCUT2D eigenvalue weighted by Crippen LogP contribution is 2.39. The summed E-state index contributed by atoms with van der Waals surface area (Å²) < 4.78 is 2.15. The Hall–Kier alpha value is -2.24. The quantitative estimate of drug-likeness (QED) is 0.923. The molecule has 0 aromatic carbocycles. The van der Waals surface area contributed by atoms with Crippen molar-refractivity contribution in [3.63, 3.8) is 0 Å². The summed E-state index contributed by atoms with van der Waals surface area (Å²) in [6.45, 7) is 3.34. The molecule has 0 atom stereocenters. The van der Waals surface area contributed by atoms with Crippen molar-refractivity contribution in [2.24, 2.45) is 0 Å². The number of urea groups is 1. The van der Waals surface area contributed by atoms with Gasteiger partial charge in [-0.2, -0.15) is 0 Å². The van der Waals surface area contributed by atoms with Crippen LogP contribution >= 0.6 is 0 Å². The fourth-order valence-electron chi connectivity index (χ4n) is 4.27. The van der Waals surface area contributed by atoms with E-state index in [0.29, 0.717) is 12.0 Å². The van der Waals surface area contributed by atoms with Gasteiger partial charge >= 0.3 is 6.03 Å². The Kier molecular flexibility index (Phi) is 3.98. The van der Waals surface area contributed by atoms with Crippen LogP contribution in [0.3, 0.4) is 0 Å². The second-order valence-electron chi connectivity index (χ2n) is 8.00. The highest BCUT2D eigenvalue weighted by atomic mass is 16.2. The largest absolute Gasteiger partial charge is 0.367 e. The molecular formula is C20H27N5O. The molecule has 0 unspecified atom stereocenters. The second kappa shape index (κ2) is 6.49. The Bertz CT molecular complexity index is 798. The van der Waals surface area contributed by atoms with E-state index in [1.807, 2.05) is 4.90 Å². The molecule has 3 aliphatic rings. The van der Waals surface area contributed by atoms with E-state index >= 15 is 0 Å². The molecule has 0 spiro atoms. The molecule has 138 valence electrons. The second-order valence-corrected chi connectivity index (χ2v) is 8.00. The third-order valence-electron chi connectivity index (χ3n) is 6.06. The van der Waals surface area contributed by atoms with Crippen molar-refractivity contribution in [3.8, 4) is 0 Å². The number of carbonyl (C=O) groups excluding carboxylic acids is 1. The zero-order chi connectivity index (χ0) is 17.5. The van der Waals surface area contributed by atoms with Gasteiger partial charge in [0.15, 0.2) is 0 Å². The third kappa shape index (κ3) is 3.13. The smallest absolute Gasteiger partial charge is 0.317 e. The van der Waals surface area contributed by atoms with Gasteiger partial charge in [0.25, 0.3) is 0 Å². The lowest BCUT2D eigenvalue weighted by molar-refractivity contribution is 0.190. The van der Waals surface area contributed by atoms with Gasteiger partial charge in [-0.15, -0.1) is 0 Å². The molecule has 6 heteroatoms. The van der Waals surface area contributed by atoms with Crippen LogP contribution in [0.5, 0.6) is 0 Å². The number of hydrogen-bond donors (Lipinski definition) is 1. The predicted octanol–water partition coefficient (Wildman–Crippen LogP) is 2.99. The summed E-state index contributed by atoms with van der Waals surface area (Å²) in [6, 6.07) is 4.79. The van der Waals surface area contributed by atoms with Crippen LogP contribution in [0.4, 0.5) is 10.5 Å². The van der Waals surface area contributed by atoms with Crippen LogP contribution in [0.25, 0.3) is 5.65 Å². The molecule has 2 amide bonds. The van der Waals surface area contributed by atoms with Crippen LogP contribution in [0.2, 0.25) is 0 Å². The maximum absolute atomic E-state index is 12.4. The number of imidazole rings is 1. The first-order valence-corrected chi connectivity index (χ1v) is 10.1. The SMILES string of the molecule is O=C(NC1CCCC1)N1CCN(c2ccc3nc(C4CC4)cn3c2)CC1. The van der Waals surface area contributed by atoms with Crippen LogP contribution in [0.1, 0.15) is 50.1 Å². The van der Waals surface area contributed by atoms with Crippen LogP contribution in [-0.4, -0.2) is 52.5 Å². The van der Waals surface area contributed by atoms with E-state index in [4.69, 9.17) is 4.98 Å². The maximum atomic E-state index is 12.4. The van der Waals surface area contributed by atoms with Gasteiger partial charge in [0.1, 0.15) is 5.65 Å². The zero-order valence-electron chi connectivity index (χ0n) is 15.2. The average Bonchev–Trinajstić information content (AvgIpc) is 3.23. The van der Waals surface area contributed by atoms with Gasteiger partial charge in [-0.05, 0) is 37.8 Å². The number of fused-ring (bicyclic) bond motifs is 1. The molecule has 2 aliphatic carbocycles. The van der Waals surface area contributed by atoms with Crippen LogP contribution < -0.4 is 10.2 Å². The molecule has 1 aliphatic heterocycles. The molecular weight excluding hydrogens is 326 g/mol. The number of carbonyl (C=O) groups is 1. The molecule has 5 rings (SSSR count). The normalized spacial score (nSPS) is 21.5. The molecule has 26 heavy (non-hydrogen) atoms. The minimum atomic E-state index is 0.121. The van der Waals surface area contributed by atoms with Crippen molar-refractivity contribution in [2.45, 2.75) is 50.5 Å². The molecule has 0 bridgehead atoms. The highest BCUT2D eigenvalue weighted by molar-refractivity contribution is 5.75. The molecule has 6 nitrogen and oxygen atoms in total. The Morgan fingerprint density at radius 3 is 2.50 bits per heavy atom. The fourth-order valence-corrected chi connectivity index (χ4v) is 4.27. The first kappa shape index (κ1) is 16.0. The van der Waals surface area contributed by atoms with Gasteiger partial charge in [0.05, 0.1) is 11.4 Å². The summed E-state index contributed by atoms with van der Waals surface area (Å²) in [4.78, 5) is 21.5. The number of rotatable bonds is 3. The molecule has 3 heterocycles. The standard InChI is InChI=1S/C20H27N5O/c26-20(21-16-3-1-2-4-16)24-11-9-23(10-12-24)17-7-8-19-22-18(15-5-6-15)14-25(19)13-17/h7-8,13-16H,1-6,9-12H2,(H,21,26). The number of amides is 2. The molecule has 2 aromatic heterocycles. The van der Waals surface area contributed by atoms with Crippen molar-refractivity contribution >= 4 is 17.4 Å². The molecule has 2 saturated carbocycles. The fraction of sp³-hybridized carbons (Fsp3) is 0.600. The number of piperazine rings is 1. The van der Waals surface area contributed by atoms with Gasteiger partial charge < -0.3 is 19.5 Å². The predicted molar refractivity (Wildman–Crippen MR) is 102 cm³/mol. The molecule has 3 fully saturated rings. The average molecular weight is 353 g/mol. The maximum Gasteiger partial charge on any atom is 0.317 e. The number of nitrogens with zero attached hydrogens (tertiary/aromatic N) is 4. The minimum Gasteiger partial charge on any atom is -0.367 e. The summed E-state index contributed by atoms with van der Waals surface area (Å²) in [7, 11) is 0. The lowest BCUT2D eigenvalue weighted by Gasteiger charge is -2.36. The van der Waals surface area contributed by atoms with Crippen molar-refractivity contribution in [1.82, 2.24) is 19.6 Å². The molecule has 1 N–H and O–H groups in total. The van der Waals surface area contributed by atoms with Crippen molar-refractivity contribution < 1.29 is 4.79 Å². The van der Waals surface area contributed by atoms with Gasteiger partial charge in [-0.3, -0.25) is 0 Å². The summed E-state index contributed by atoms with van der Waals surface area (Å²) in [5.74, 6) is 0.681. The van der Waals surface area contributed by atoms with Gasteiger partial charge in [0.2, 0.25) is 0 Å². The highest BCUT2D eigenvalue weighted by Gasteiger charge is 2.27. The first-order valence-electron chi connectivity index (χ1n) is 10.1. The van der Waals surface area contributed by atoms with Gasteiger partial charge in [-0.1, -0.05) is 12.8 Å². The lowest BCUT2D eigenvalue weighted by atomic mass is 10.2. The van der Waals surface area contributed by atoms with E-state index in [9.17, 15) is 4.79 Å². The van der Waals surface area contributed by atoms with Gasteiger partial charge in [0, 0.05) is 50.5 Å². The van der Waals surface area contributed by atoms with E-state index in [0.717, 1.165) is 44.7 Å². The van der Waals surface area contributed by atoms with Crippen LogP contribution in [0, 0.1) is 0 Å². The summed E-state index contributed by atoms with van der Waals surface area (Å²) in [5.41, 5.74) is 3.48. The monoisotopic (exact) mass is 353 g/mol. The minimum absolute atomic E-state index is 0.121. The van der Waals surface area contributed by atoms with Crippen LogP contribution in [-0.2, 0) is 0 Å². The Labute approximate surface area is 154 Å². The Balaban J connectivity index is 1.22. The summed E-state index contributed by atoms with van der Waals surface area (Å²) in [5, 5.41) is 3.20. The van der Waals surface area contributed by atoms with Gasteiger partial charge in [-0.25, -0.2) is 9.78 Å². The van der Waals surface area contributed by atoms with E-state index in [2.05, 4.69) is 39.1 Å². The molecule has 1 saturated heterocycles. The topological polar surface area (TPSA) is 52.9 Å². The summed E-state index contributed by atoms with van der Waals surface area (Å²) in [6.07, 6.45) is 11.7. The number of aromatic nitrogens is 2. The Morgan fingerprint density at radius 2 is 1.77 bits per heavy atom. The number of nitrogens with one attached hydrogen (secondary N) is 1. The van der Waals surface area contributed by atoms with Crippen molar-refractivity contribution in [2.75, 3.05) is 31.1 Å². The van der Waals surface area contributed by atoms with E-state index < -0.39 is 0 Å². The van der Waals surface area contributed by atoms with Crippen molar-refractivity contribution in [1.29, 1.82) is 0 Å². The Morgan fingerprint density at radius 1 is 1.00 bits per heavy atom. The van der Waals surface area contributed by atoms with E-state index in [1.54, 1.807) is 0 Å². The molecule has 0 radical (unpaired) electrons. The van der Waals surface area contributed by atoms with E-state index in [-0.39, 0.29) is 6.03 Å². The van der Waals surface area contributed by atoms with E-state index in [1.165, 1.54) is 37.1 Å². The third-order valence-corrected chi connectivity index (χ3v) is 6.06. The first-order chi connectivity index (χ1) is 12.8.